The first kappa shape index (κ1) is 18.6. The van der Waals surface area contributed by atoms with Crippen LogP contribution in [0.4, 0.5) is 0 Å². The van der Waals surface area contributed by atoms with Crippen molar-refractivity contribution in [2.75, 3.05) is 13.1 Å². The molecule has 0 bridgehead atoms. The lowest BCUT2D eigenvalue weighted by Crippen LogP contribution is -2.44. The molecule has 1 aliphatic heterocycles. The van der Waals surface area contributed by atoms with E-state index in [9.17, 15) is 9.59 Å². The molecule has 2 atom stereocenters. The lowest BCUT2D eigenvalue weighted by Gasteiger charge is -2.32. The number of likely N-dealkylation sites (tertiary alicyclic amines) is 1. The molecule has 1 N–H and O–H groups in total. The summed E-state index contributed by atoms with van der Waals surface area (Å²) in [6.45, 7) is 4.99. The third-order valence-electron chi connectivity index (χ3n) is 4.11. The molecular weight excluding hydrogens is 328 g/mol. The Morgan fingerprint density at radius 3 is 2.67 bits per heavy atom. The van der Waals surface area contributed by atoms with Crippen molar-refractivity contribution in [3.8, 4) is 5.75 Å². The number of carbonyl (C=O) groups excluding carboxylic acids is 2. The Labute approximate surface area is 148 Å². The highest BCUT2D eigenvalue weighted by Crippen LogP contribution is 2.17. The fourth-order valence-electron chi connectivity index (χ4n) is 2.79. The number of halogens is 1. The van der Waals surface area contributed by atoms with Gasteiger partial charge >= 0.3 is 0 Å². The summed E-state index contributed by atoms with van der Waals surface area (Å²) in [4.78, 5) is 25.8. The van der Waals surface area contributed by atoms with Gasteiger partial charge in [0.1, 0.15) is 11.9 Å². The average molecular weight is 353 g/mol. The normalized spacial score (nSPS) is 17.3. The summed E-state index contributed by atoms with van der Waals surface area (Å²) in [7, 11) is 0. The Kier molecular flexibility index (Phi) is 6.91. The molecule has 0 radical (unpaired) electrons. The molecule has 132 valence electrons. The molecule has 0 aromatic heterocycles. The average Bonchev–Trinajstić information content (AvgIpc) is 2.55. The van der Waals surface area contributed by atoms with Gasteiger partial charge in [-0.2, -0.15) is 0 Å². The van der Waals surface area contributed by atoms with E-state index >= 15 is 0 Å². The number of piperidine rings is 1. The molecule has 0 unspecified atom stereocenters. The van der Waals surface area contributed by atoms with Gasteiger partial charge < -0.3 is 15.0 Å². The zero-order valence-corrected chi connectivity index (χ0v) is 15.0. The van der Waals surface area contributed by atoms with Gasteiger partial charge in [0.25, 0.3) is 0 Å². The Balaban J connectivity index is 1.71. The first-order valence-electron chi connectivity index (χ1n) is 8.44. The first-order valence-corrected chi connectivity index (χ1v) is 8.82. The van der Waals surface area contributed by atoms with Crippen molar-refractivity contribution in [2.24, 2.45) is 0 Å². The highest BCUT2D eigenvalue weighted by atomic mass is 35.5. The third-order valence-corrected chi connectivity index (χ3v) is 4.36. The molecule has 0 spiro atoms. The molecule has 6 heteroatoms. The van der Waals surface area contributed by atoms with Crippen LogP contribution < -0.4 is 10.1 Å². The number of amides is 2. The van der Waals surface area contributed by atoms with E-state index in [2.05, 4.69) is 5.32 Å². The zero-order valence-electron chi connectivity index (χ0n) is 14.3. The van der Waals surface area contributed by atoms with Gasteiger partial charge in [0.2, 0.25) is 11.8 Å². The van der Waals surface area contributed by atoms with Crippen LogP contribution in [0.5, 0.6) is 5.75 Å². The summed E-state index contributed by atoms with van der Waals surface area (Å²) in [5, 5.41) is 3.53. The van der Waals surface area contributed by atoms with Crippen LogP contribution in [0.2, 0.25) is 5.02 Å². The topological polar surface area (TPSA) is 58.6 Å². The Morgan fingerprint density at radius 2 is 2.00 bits per heavy atom. The fourth-order valence-corrected chi connectivity index (χ4v) is 2.91. The van der Waals surface area contributed by atoms with E-state index in [1.165, 1.54) is 0 Å². The number of carbonyl (C=O) groups is 2. The molecule has 1 fully saturated rings. The predicted octanol–water partition coefficient (Wildman–Crippen LogP) is 3.01. The zero-order chi connectivity index (χ0) is 17.5. The van der Waals surface area contributed by atoms with E-state index in [1.807, 2.05) is 18.7 Å². The Morgan fingerprint density at radius 1 is 1.29 bits per heavy atom. The van der Waals surface area contributed by atoms with Gasteiger partial charge in [0, 0.05) is 30.5 Å². The molecule has 2 amide bonds. The van der Waals surface area contributed by atoms with Gasteiger partial charge in [0.15, 0.2) is 0 Å². The maximum absolute atomic E-state index is 12.1. The first-order chi connectivity index (χ1) is 11.5. The number of hydrogen-bond donors (Lipinski definition) is 1. The third kappa shape index (κ3) is 5.71. The van der Waals surface area contributed by atoms with Gasteiger partial charge in [0.05, 0.1) is 6.54 Å². The summed E-state index contributed by atoms with van der Waals surface area (Å²) in [5.74, 6) is 0.807. The van der Waals surface area contributed by atoms with Crippen LogP contribution in [-0.2, 0) is 9.59 Å². The molecule has 1 heterocycles. The molecular formula is C18H25ClN2O3. The summed E-state index contributed by atoms with van der Waals surface area (Å²) in [5.41, 5.74) is 0. The van der Waals surface area contributed by atoms with Crippen molar-refractivity contribution in [1.82, 2.24) is 10.2 Å². The molecule has 1 aromatic rings. The minimum absolute atomic E-state index is 0.0626. The van der Waals surface area contributed by atoms with Crippen LogP contribution in [0.25, 0.3) is 0 Å². The fraction of sp³-hybridized carbons (Fsp3) is 0.556. The summed E-state index contributed by atoms with van der Waals surface area (Å²) >= 11 is 5.83. The van der Waals surface area contributed by atoms with Gasteiger partial charge in [-0.1, -0.05) is 11.6 Å². The lowest BCUT2D eigenvalue weighted by atomic mass is 10.1. The predicted molar refractivity (Wildman–Crippen MR) is 94.2 cm³/mol. The minimum atomic E-state index is -0.151. The van der Waals surface area contributed by atoms with Crippen LogP contribution in [-0.4, -0.2) is 41.9 Å². The monoisotopic (exact) mass is 352 g/mol. The molecule has 1 aromatic carbocycles. The molecule has 0 aliphatic carbocycles. The van der Waals surface area contributed by atoms with E-state index < -0.39 is 0 Å². The highest BCUT2D eigenvalue weighted by Gasteiger charge is 2.24. The van der Waals surface area contributed by atoms with E-state index in [0.29, 0.717) is 30.2 Å². The molecule has 5 nitrogen and oxygen atoms in total. The van der Waals surface area contributed by atoms with Crippen LogP contribution >= 0.6 is 11.6 Å². The SMILES string of the molecule is C[C@@H](CNC(=O)C[C@H](C)N1CCCCC1=O)Oc1ccc(Cl)cc1. The number of nitrogens with one attached hydrogen (secondary N) is 1. The van der Waals surface area contributed by atoms with E-state index in [4.69, 9.17) is 16.3 Å². The number of ether oxygens (including phenoxy) is 1. The molecule has 1 saturated heterocycles. The maximum atomic E-state index is 12.1. The minimum Gasteiger partial charge on any atom is -0.489 e. The van der Waals surface area contributed by atoms with E-state index in [-0.39, 0.29) is 24.0 Å². The molecule has 1 aliphatic rings. The van der Waals surface area contributed by atoms with Crippen molar-refractivity contribution in [1.29, 1.82) is 0 Å². The maximum Gasteiger partial charge on any atom is 0.222 e. The molecule has 2 rings (SSSR count). The Hall–Kier alpha value is -1.75. The highest BCUT2D eigenvalue weighted by molar-refractivity contribution is 6.30. The van der Waals surface area contributed by atoms with E-state index in [1.54, 1.807) is 24.3 Å². The standard InChI is InChI=1S/C18H25ClN2O3/c1-13(21-10-4-3-5-18(21)23)11-17(22)20-12-14(2)24-16-8-6-15(19)7-9-16/h6-9,13-14H,3-5,10-12H2,1-2H3,(H,20,22)/t13-,14-/m0/s1. The Bertz CT molecular complexity index is 562. The quantitative estimate of drug-likeness (QED) is 0.820. The molecule has 24 heavy (non-hydrogen) atoms. The molecule has 0 saturated carbocycles. The van der Waals surface area contributed by atoms with Crippen molar-refractivity contribution < 1.29 is 14.3 Å². The van der Waals surface area contributed by atoms with Crippen LogP contribution in [0.15, 0.2) is 24.3 Å². The van der Waals surface area contributed by atoms with Crippen molar-refractivity contribution in [2.45, 2.75) is 51.7 Å². The summed E-state index contributed by atoms with van der Waals surface area (Å²) in [6.07, 6.45) is 2.73. The number of benzene rings is 1. The van der Waals surface area contributed by atoms with Crippen LogP contribution in [0.3, 0.4) is 0 Å². The second kappa shape index (κ2) is 8.92. The van der Waals surface area contributed by atoms with Gasteiger partial charge in [-0.05, 0) is 51.0 Å². The van der Waals surface area contributed by atoms with Crippen molar-refractivity contribution in [3.05, 3.63) is 29.3 Å². The number of hydrogen-bond acceptors (Lipinski definition) is 3. The van der Waals surface area contributed by atoms with Crippen molar-refractivity contribution in [3.63, 3.8) is 0 Å². The summed E-state index contributed by atoms with van der Waals surface area (Å²) < 4.78 is 5.72. The lowest BCUT2D eigenvalue weighted by molar-refractivity contribution is -0.136. The van der Waals surface area contributed by atoms with E-state index in [0.717, 1.165) is 19.4 Å². The van der Waals surface area contributed by atoms with Gasteiger partial charge in [-0.3, -0.25) is 9.59 Å². The summed E-state index contributed by atoms with van der Waals surface area (Å²) in [6, 6.07) is 7.05. The largest absolute Gasteiger partial charge is 0.489 e. The second-order valence-electron chi connectivity index (χ2n) is 6.28. The van der Waals surface area contributed by atoms with Crippen LogP contribution in [0.1, 0.15) is 39.5 Å². The smallest absolute Gasteiger partial charge is 0.222 e. The second-order valence-corrected chi connectivity index (χ2v) is 6.72. The number of rotatable bonds is 7. The van der Waals surface area contributed by atoms with Gasteiger partial charge in [-0.15, -0.1) is 0 Å². The van der Waals surface area contributed by atoms with Gasteiger partial charge in [-0.25, -0.2) is 0 Å². The van der Waals surface area contributed by atoms with Crippen molar-refractivity contribution >= 4 is 23.4 Å². The van der Waals surface area contributed by atoms with Crippen LogP contribution in [0, 0.1) is 0 Å². The number of nitrogens with zero attached hydrogens (tertiary/aromatic N) is 1.